The highest BCUT2D eigenvalue weighted by Gasteiger charge is 2.29. The Hall–Kier alpha value is -0.900. The van der Waals surface area contributed by atoms with Crippen LogP contribution in [0.1, 0.15) is 66.9 Å². The smallest absolute Gasteiger partial charge is 0.306 e. The molecule has 0 amide bonds. The van der Waals surface area contributed by atoms with Gasteiger partial charge in [0.05, 0.1) is 16.6 Å². The molecule has 1 aromatic heterocycles. The van der Waals surface area contributed by atoms with Crippen LogP contribution in [0, 0.1) is 12.8 Å². The number of aromatic nitrogens is 1. The van der Waals surface area contributed by atoms with E-state index in [0.29, 0.717) is 11.8 Å². The summed E-state index contributed by atoms with van der Waals surface area (Å²) in [7, 11) is 0. The molecule has 3 nitrogen and oxygen atoms in total. The predicted molar refractivity (Wildman–Crippen MR) is 73.3 cm³/mol. The molecule has 0 aliphatic heterocycles. The number of aryl methyl sites for hydroxylation is 1. The van der Waals surface area contributed by atoms with Gasteiger partial charge in [0.1, 0.15) is 0 Å². The van der Waals surface area contributed by atoms with E-state index in [2.05, 4.69) is 25.8 Å². The van der Waals surface area contributed by atoms with E-state index in [1.807, 2.05) is 11.3 Å². The number of rotatable bonds is 3. The van der Waals surface area contributed by atoms with Crippen LogP contribution in [0.4, 0.5) is 0 Å². The normalized spacial score (nSPS) is 24.4. The van der Waals surface area contributed by atoms with Gasteiger partial charge >= 0.3 is 5.97 Å². The number of carboxylic acids is 1. The molecule has 4 heteroatoms. The van der Waals surface area contributed by atoms with Gasteiger partial charge in [-0.25, -0.2) is 4.98 Å². The SMILES string of the molecule is Cc1nc(C(C)C)sc1C1CCC(C(=O)O)CC1. The molecule has 0 spiro atoms. The molecule has 0 bridgehead atoms. The summed E-state index contributed by atoms with van der Waals surface area (Å²) >= 11 is 1.83. The van der Waals surface area contributed by atoms with E-state index in [4.69, 9.17) is 5.11 Å². The van der Waals surface area contributed by atoms with Crippen LogP contribution in [0.2, 0.25) is 0 Å². The van der Waals surface area contributed by atoms with Crippen LogP contribution < -0.4 is 0 Å². The van der Waals surface area contributed by atoms with E-state index in [1.165, 1.54) is 9.88 Å². The molecule has 2 rings (SSSR count). The van der Waals surface area contributed by atoms with Crippen molar-refractivity contribution in [1.29, 1.82) is 0 Å². The van der Waals surface area contributed by atoms with E-state index in [9.17, 15) is 4.79 Å². The lowest BCUT2D eigenvalue weighted by molar-refractivity contribution is -0.142. The van der Waals surface area contributed by atoms with Gasteiger partial charge in [-0.05, 0) is 38.5 Å². The van der Waals surface area contributed by atoms with E-state index in [-0.39, 0.29) is 5.92 Å². The number of hydrogen-bond acceptors (Lipinski definition) is 3. The third-order valence-electron chi connectivity index (χ3n) is 3.79. The minimum atomic E-state index is -0.627. The summed E-state index contributed by atoms with van der Waals surface area (Å²) in [6.07, 6.45) is 3.62. The highest BCUT2D eigenvalue weighted by atomic mass is 32.1. The largest absolute Gasteiger partial charge is 0.481 e. The monoisotopic (exact) mass is 267 g/mol. The molecule has 0 unspecified atom stereocenters. The van der Waals surface area contributed by atoms with Crippen LogP contribution in [0.15, 0.2) is 0 Å². The highest BCUT2D eigenvalue weighted by Crippen LogP contribution is 2.40. The zero-order valence-corrected chi connectivity index (χ0v) is 12.1. The molecule has 1 N–H and O–H groups in total. The first-order valence-corrected chi connectivity index (χ1v) is 7.50. The molecule has 1 aromatic rings. The molecular weight excluding hydrogens is 246 g/mol. The molecule has 100 valence electrons. The van der Waals surface area contributed by atoms with Crippen molar-refractivity contribution < 1.29 is 9.90 Å². The fraction of sp³-hybridized carbons (Fsp3) is 0.714. The Morgan fingerprint density at radius 2 is 1.94 bits per heavy atom. The Bertz CT molecular complexity index is 431. The van der Waals surface area contributed by atoms with E-state index >= 15 is 0 Å². The molecule has 0 atom stereocenters. The molecule has 1 heterocycles. The van der Waals surface area contributed by atoms with Gasteiger partial charge in [-0.15, -0.1) is 11.3 Å². The lowest BCUT2D eigenvalue weighted by atomic mass is 9.81. The maximum atomic E-state index is 10.9. The number of aliphatic carboxylic acids is 1. The maximum absolute atomic E-state index is 10.9. The van der Waals surface area contributed by atoms with Crippen LogP contribution in [0.5, 0.6) is 0 Å². The summed E-state index contributed by atoms with van der Waals surface area (Å²) in [5.74, 6) is 0.264. The minimum Gasteiger partial charge on any atom is -0.481 e. The topological polar surface area (TPSA) is 50.2 Å². The number of carbonyl (C=O) groups is 1. The van der Waals surface area contributed by atoms with Crippen LogP contribution in [0.3, 0.4) is 0 Å². The number of carboxylic acid groups (broad SMARTS) is 1. The van der Waals surface area contributed by atoms with E-state index in [1.54, 1.807) is 0 Å². The van der Waals surface area contributed by atoms with E-state index < -0.39 is 5.97 Å². The average molecular weight is 267 g/mol. The molecule has 18 heavy (non-hydrogen) atoms. The van der Waals surface area contributed by atoms with Crippen molar-refractivity contribution in [2.75, 3.05) is 0 Å². The lowest BCUT2D eigenvalue weighted by Crippen LogP contribution is -2.20. The van der Waals surface area contributed by atoms with Crippen LogP contribution in [-0.4, -0.2) is 16.1 Å². The second kappa shape index (κ2) is 5.39. The van der Waals surface area contributed by atoms with Gasteiger partial charge in [-0.1, -0.05) is 13.8 Å². The molecule has 1 aliphatic carbocycles. The standard InChI is InChI=1S/C14H21NO2S/c1-8(2)13-15-9(3)12(18-13)10-4-6-11(7-5-10)14(16)17/h8,10-11H,4-7H2,1-3H3,(H,16,17). The molecular formula is C14H21NO2S. The fourth-order valence-corrected chi connectivity index (χ4v) is 3.90. The third kappa shape index (κ3) is 2.74. The summed E-state index contributed by atoms with van der Waals surface area (Å²) in [4.78, 5) is 17.0. The fourth-order valence-electron chi connectivity index (χ4n) is 2.66. The first-order chi connectivity index (χ1) is 8.49. The summed E-state index contributed by atoms with van der Waals surface area (Å²) in [5, 5.41) is 10.2. The van der Waals surface area contributed by atoms with Crippen molar-refractivity contribution in [3.05, 3.63) is 15.6 Å². The molecule has 0 aromatic carbocycles. The third-order valence-corrected chi connectivity index (χ3v) is 5.41. The summed E-state index contributed by atoms with van der Waals surface area (Å²) in [5.41, 5.74) is 1.16. The summed E-state index contributed by atoms with van der Waals surface area (Å²) in [6.45, 7) is 6.42. The zero-order valence-electron chi connectivity index (χ0n) is 11.3. The van der Waals surface area contributed by atoms with Crippen molar-refractivity contribution in [3.8, 4) is 0 Å². The van der Waals surface area contributed by atoms with Crippen molar-refractivity contribution in [3.63, 3.8) is 0 Å². The molecule has 0 saturated heterocycles. The average Bonchev–Trinajstić information content (AvgIpc) is 2.71. The second-order valence-corrected chi connectivity index (χ2v) is 6.61. The number of nitrogens with zero attached hydrogens (tertiary/aromatic N) is 1. The molecule has 1 saturated carbocycles. The van der Waals surface area contributed by atoms with E-state index in [0.717, 1.165) is 31.4 Å². The van der Waals surface area contributed by atoms with Crippen molar-refractivity contribution in [2.45, 2.75) is 58.3 Å². The van der Waals surface area contributed by atoms with Gasteiger partial charge in [-0.3, -0.25) is 4.79 Å². The first-order valence-electron chi connectivity index (χ1n) is 6.69. The Morgan fingerprint density at radius 3 is 2.39 bits per heavy atom. The summed E-state index contributed by atoms with van der Waals surface area (Å²) in [6, 6.07) is 0. The molecule has 0 radical (unpaired) electrons. The summed E-state index contributed by atoms with van der Waals surface area (Å²) < 4.78 is 0. The predicted octanol–water partition coefficient (Wildman–Crippen LogP) is 3.93. The van der Waals surface area contributed by atoms with Crippen molar-refractivity contribution in [1.82, 2.24) is 4.98 Å². The van der Waals surface area contributed by atoms with Gasteiger partial charge < -0.3 is 5.11 Å². The molecule has 1 aliphatic rings. The zero-order chi connectivity index (χ0) is 13.3. The quantitative estimate of drug-likeness (QED) is 0.902. The Kier molecular flexibility index (Phi) is 4.05. The van der Waals surface area contributed by atoms with Gasteiger partial charge in [0, 0.05) is 10.8 Å². The maximum Gasteiger partial charge on any atom is 0.306 e. The van der Waals surface area contributed by atoms with Crippen molar-refractivity contribution >= 4 is 17.3 Å². The Morgan fingerprint density at radius 1 is 1.33 bits per heavy atom. The van der Waals surface area contributed by atoms with Gasteiger partial charge in [0.2, 0.25) is 0 Å². The van der Waals surface area contributed by atoms with Gasteiger partial charge in [0.15, 0.2) is 0 Å². The Balaban J connectivity index is 2.07. The first kappa shape index (κ1) is 13.5. The highest BCUT2D eigenvalue weighted by molar-refractivity contribution is 7.11. The van der Waals surface area contributed by atoms with Crippen molar-refractivity contribution in [2.24, 2.45) is 5.92 Å². The van der Waals surface area contributed by atoms with Crippen LogP contribution in [0.25, 0.3) is 0 Å². The number of hydrogen-bond donors (Lipinski definition) is 1. The number of thiazole rings is 1. The second-order valence-electron chi connectivity index (χ2n) is 5.54. The van der Waals surface area contributed by atoms with Gasteiger partial charge in [0.25, 0.3) is 0 Å². The lowest BCUT2D eigenvalue weighted by Gasteiger charge is -2.25. The molecule has 1 fully saturated rings. The Labute approximate surface area is 112 Å². The van der Waals surface area contributed by atoms with Crippen LogP contribution >= 0.6 is 11.3 Å². The van der Waals surface area contributed by atoms with Gasteiger partial charge in [-0.2, -0.15) is 0 Å². The minimum absolute atomic E-state index is 0.126. The van der Waals surface area contributed by atoms with Crippen LogP contribution in [-0.2, 0) is 4.79 Å².